The highest BCUT2D eigenvalue weighted by atomic mass is 16.5. The molecule has 148 valence electrons. The Hall–Kier alpha value is -3.40. The highest BCUT2D eigenvalue weighted by molar-refractivity contribution is 5.72. The maximum Gasteiger partial charge on any atom is 0.310 e. The molecule has 0 fully saturated rings. The van der Waals surface area contributed by atoms with Crippen LogP contribution in [0.2, 0.25) is 0 Å². The summed E-state index contributed by atoms with van der Waals surface area (Å²) in [4.78, 5) is 22.8. The van der Waals surface area contributed by atoms with E-state index in [1.165, 1.54) is 6.92 Å². The van der Waals surface area contributed by atoms with Gasteiger partial charge in [-0.25, -0.2) is 0 Å². The number of rotatable bonds is 6. The molecule has 4 heteroatoms. The molecular formula is C25H24O4. The van der Waals surface area contributed by atoms with E-state index in [-0.39, 0.29) is 11.9 Å². The quantitative estimate of drug-likeness (QED) is 0.327. The van der Waals surface area contributed by atoms with Gasteiger partial charge in [0.05, 0.1) is 0 Å². The molecule has 0 spiro atoms. The molecule has 3 rings (SSSR count). The molecule has 1 unspecified atom stereocenters. The number of carbonyl (C=O) groups is 2. The summed E-state index contributed by atoms with van der Waals surface area (Å²) in [5.74, 6) is 0.435. The normalized spacial score (nSPS) is 12.7. The van der Waals surface area contributed by atoms with Gasteiger partial charge in [0.25, 0.3) is 0 Å². The van der Waals surface area contributed by atoms with Crippen molar-refractivity contribution in [2.75, 3.05) is 0 Å². The summed E-state index contributed by atoms with van der Waals surface area (Å²) in [6.07, 6.45) is 0.332. The van der Waals surface area contributed by atoms with E-state index in [1.54, 1.807) is 19.1 Å². The predicted molar refractivity (Wildman–Crippen MR) is 112 cm³/mol. The zero-order chi connectivity index (χ0) is 20.9. The highest BCUT2D eigenvalue weighted by Gasteiger charge is 2.31. The molecule has 0 aliphatic carbocycles. The summed E-state index contributed by atoms with van der Waals surface area (Å²) in [6, 6.07) is 25.3. The SMILES string of the molecule is CCC(=O)Oc1ccc(C(C)(c2ccccc2)c2ccc(OC(C)=O)cc2)cc1. The van der Waals surface area contributed by atoms with Gasteiger partial charge in [0, 0.05) is 18.8 Å². The Kier molecular flexibility index (Phi) is 6.13. The molecule has 0 heterocycles. The number of ether oxygens (including phenoxy) is 2. The topological polar surface area (TPSA) is 52.6 Å². The molecule has 0 radical (unpaired) electrons. The zero-order valence-electron chi connectivity index (χ0n) is 16.8. The fourth-order valence-corrected chi connectivity index (χ4v) is 3.35. The molecule has 1 atom stereocenters. The molecule has 0 aromatic heterocycles. The molecule has 29 heavy (non-hydrogen) atoms. The third-order valence-corrected chi connectivity index (χ3v) is 5.00. The smallest absolute Gasteiger partial charge is 0.310 e. The van der Waals surface area contributed by atoms with Crippen molar-refractivity contribution in [2.24, 2.45) is 0 Å². The predicted octanol–water partition coefficient (Wildman–Crippen LogP) is 5.28. The summed E-state index contributed by atoms with van der Waals surface area (Å²) in [5.41, 5.74) is 2.79. The fraction of sp³-hybridized carbons (Fsp3) is 0.200. The first-order chi connectivity index (χ1) is 13.9. The molecule has 4 nitrogen and oxygen atoms in total. The van der Waals surface area contributed by atoms with Crippen molar-refractivity contribution in [3.8, 4) is 11.5 Å². The Morgan fingerprint density at radius 1 is 0.724 bits per heavy atom. The van der Waals surface area contributed by atoms with E-state index in [4.69, 9.17) is 9.47 Å². The van der Waals surface area contributed by atoms with E-state index in [9.17, 15) is 9.59 Å². The Labute approximate surface area is 171 Å². The lowest BCUT2D eigenvalue weighted by atomic mass is 9.71. The van der Waals surface area contributed by atoms with Gasteiger partial charge >= 0.3 is 11.9 Å². The first-order valence-corrected chi connectivity index (χ1v) is 9.59. The average Bonchev–Trinajstić information content (AvgIpc) is 2.74. The van der Waals surface area contributed by atoms with Crippen molar-refractivity contribution < 1.29 is 19.1 Å². The minimum Gasteiger partial charge on any atom is -0.427 e. The Morgan fingerprint density at radius 3 is 1.62 bits per heavy atom. The van der Waals surface area contributed by atoms with Gasteiger partial charge in [0.2, 0.25) is 0 Å². The molecular weight excluding hydrogens is 364 g/mol. The Bertz CT molecular complexity index is 976. The van der Waals surface area contributed by atoms with Crippen molar-refractivity contribution in [1.82, 2.24) is 0 Å². The highest BCUT2D eigenvalue weighted by Crippen LogP contribution is 2.39. The van der Waals surface area contributed by atoms with Crippen LogP contribution in [0.4, 0.5) is 0 Å². The van der Waals surface area contributed by atoms with E-state index in [0.717, 1.165) is 16.7 Å². The van der Waals surface area contributed by atoms with Crippen LogP contribution in [-0.4, -0.2) is 11.9 Å². The maximum atomic E-state index is 11.6. The maximum absolute atomic E-state index is 11.6. The van der Waals surface area contributed by atoms with Crippen molar-refractivity contribution in [3.63, 3.8) is 0 Å². The van der Waals surface area contributed by atoms with E-state index in [2.05, 4.69) is 19.1 Å². The molecule has 0 N–H and O–H groups in total. The minimum atomic E-state index is -0.441. The van der Waals surface area contributed by atoms with E-state index in [1.807, 2.05) is 54.6 Å². The molecule has 0 aliphatic rings. The van der Waals surface area contributed by atoms with Gasteiger partial charge in [-0.3, -0.25) is 9.59 Å². The molecule has 0 saturated heterocycles. The van der Waals surface area contributed by atoms with Crippen LogP contribution in [0.5, 0.6) is 11.5 Å². The third-order valence-electron chi connectivity index (χ3n) is 5.00. The molecule has 0 amide bonds. The monoisotopic (exact) mass is 388 g/mol. The van der Waals surface area contributed by atoms with Gasteiger partial charge < -0.3 is 9.47 Å². The Balaban J connectivity index is 2.03. The second-order valence-corrected chi connectivity index (χ2v) is 6.96. The van der Waals surface area contributed by atoms with Gasteiger partial charge in [-0.1, -0.05) is 61.5 Å². The third kappa shape index (κ3) is 4.54. The lowest BCUT2D eigenvalue weighted by molar-refractivity contribution is -0.134. The summed E-state index contributed by atoms with van der Waals surface area (Å²) < 4.78 is 10.5. The summed E-state index contributed by atoms with van der Waals surface area (Å²) >= 11 is 0. The van der Waals surface area contributed by atoms with Crippen LogP contribution >= 0.6 is 0 Å². The van der Waals surface area contributed by atoms with Gasteiger partial charge in [-0.05, 0) is 47.9 Å². The van der Waals surface area contributed by atoms with E-state index >= 15 is 0 Å². The lowest BCUT2D eigenvalue weighted by Gasteiger charge is -2.32. The molecule has 0 bridgehead atoms. The van der Waals surface area contributed by atoms with Crippen molar-refractivity contribution >= 4 is 11.9 Å². The van der Waals surface area contributed by atoms with Crippen LogP contribution in [0.15, 0.2) is 78.9 Å². The Morgan fingerprint density at radius 2 is 1.17 bits per heavy atom. The minimum absolute atomic E-state index is 0.260. The van der Waals surface area contributed by atoms with Gasteiger partial charge in [0.1, 0.15) is 11.5 Å². The van der Waals surface area contributed by atoms with Gasteiger partial charge in [-0.2, -0.15) is 0 Å². The van der Waals surface area contributed by atoms with Crippen LogP contribution < -0.4 is 9.47 Å². The van der Waals surface area contributed by atoms with Gasteiger partial charge in [-0.15, -0.1) is 0 Å². The lowest BCUT2D eigenvalue weighted by Crippen LogP contribution is -2.25. The van der Waals surface area contributed by atoms with Crippen LogP contribution in [0.1, 0.15) is 43.9 Å². The second-order valence-electron chi connectivity index (χ2n) is 6.96. The van der Waals surface area contributed by atoms with Crippen molar-refractivity contribution in [2.45, 2.75) is 32.6 Å². The van der Waals surface area contributed by atoms with Crippen LogP contribution in [0, 0.1) is 0 Å². The summed E-state index contributed by atoms with van der Waals surface area (Å²) in [7, 11) is 0. The molecule has 3 aromatic carbocycles. The molecule has 3 aromatic rings. The summed E-state index contributed by atoms with van der Waals surface area (Å²) in [6.45, 7) is 5.30. The summed E-state index contributed by atoms with van der Waals surface area (Å²) in [5, 5.41) is 0. The standard InChI is InChI=1S/C25H24O4/c1-4-24(27)29-23-16-12-21(13-17-23)25(3,19-8-6-5-7-9-19)20-10-14-22(15-11-20)28-18(2)26/h5-17H,4H2,1-3H3. The van der Waals surface area contributed by atoms with Crippen LogP contribution in [-0.2, 0) is 15.0 Å². The number of esters is 2. The number of carbonyl (C=O) groups excluding carboxylic acids is 2. The fourth-order valence-electron chi connectivity index (χ4n) is 3.35. The van der Waals surface area contributed by atoms with Crippen LogP contribution in [0.25, 0.3) is 0 Å². The van der Waals surface area contributed by atoms with E-state index in [0.29, 0.717) is 17.9 Å². The zero-order valence-corrected chi connectivity index (χ0v) is 16.8. The molecule has 0 saturated carbocycles. The number of hydrogen-bond acceptors (Lipinski definition) is 4. The number of hydrogen-bond donors (Lipinski definition) is 0. The van der Waals surface area contributed by atoms with E-state index < -0.39 is 5.41 Å². The van der Waals surface area contributed by atoms with Crippen molar-refractivity contribution in [3.05, 3.63) is 95.6 Å². The van der Waals surface area contributed by atoms with Crippen LogP contribution in [0.3, 0.4) is 0 Å². The largest absolute Gasteiger partial charge is 0.427 e. The van der Waals surface area contributed by atoms with Gasteiger partial charge in [0.15, 0.2) is 0 Å². The van der Waals surface area contributed by atoms with Crippen molar-refractivity contribution in [1.29, 1.82) is 0 Å². The molecule has 0 aliphatic heterocycles. The average molecular weight is 388 g/mol. The second kappa shape index (κ2) is 8.74. The first kappa shape index (κ1) is 20.3. The first-order valence-electron chi connectivity index (χ1n) is 9.59. The number of benzene rings is 3.